The Morgan fingerprint density at radius 3 is 1.54 bits per heavy atom. The second-order valence-electron chi connectivity index (χ2n) is 4.82. The summed E-state index contributed by atoms with van der Waals surface area (Å²) < 4.78 is 2.24. The molecule has 0 saturated carbocycles. The van der Waals surface area contributed by atoms with Gasteiger partial charge in [-0.25, -0.2) is 0 Å². The standard InChI is InChI=1S/C16H6Cl2O2S4/c17-15(19)7-1-3-21-13(7)11-5-9-10(23-11)6-12(24-9)14-8(16(18)20)2-4-22-14/h1-6H. The van der Waals surface area contributed by atoms with Gasteiger partial charge in [-0.3, -0.25) is 9.59 Å². The van der Waals surface area contributed by atoms with E-state index in [0.29, 0.717) is 11.1 Å². The predicted molar refractivity (Wildman–Crippen MR) is 107 cm³/mol. The Bertz CT molecular complexity index is 970. The van der Waals surface area contributed by atoms with Crippen LogP contribution in [-0.4, -0.2) is 10.5 Å². The Morgan fingerprint density at radius 1 is 0.750 bits per heavy atom. The van der Waals surface area contributed by atoms with Crippen LogP contribution in [0.2, 0.25) is 0 Å². The van der Waals surface area contributed by atoms with Crippen LogP contribution < -0.4 is 0 Å². The van der Waals surface area contributed by atoms with Crippen molar-refractivity contribution in [1.82, 2.24) is 0 Å². The third-order valence-corrected chi connectivity index (χ3v) is 8.30. The fourth-order valence-corrected chi connectivity index (χ4v) is 7.25. The van der Waals surface area contributed by atoms with Crippen LogP contribution in [0.1, 0.15) is 20.7 Å². The highest BCUT2D eigenvalue weighted by molar-refractivity contribution is 7.33. The van der Waals surface area contributed by atoms with Crippen molar-refractivity contribution >= 4 is 88.4 Å². The molecule has 0 saturated heterocycles. The number of halogens is 2. The molecule has 0 aliphatic heterocycles. The number of carbonyl (C=O) groups is 2. The Balaban J connectivity index is 1.78. The van der Waals surface area contributed by atoms with Gasteiger partial charge in [-0.2, -0.15) is 0 Å². The molecule has 4 heterocycles. The normalized spacial score (nSPS) is 11.2. The molecule has 0 atom stereocenters. The predicted octanol–water partition coefficient (Wildman–Crippen LogP) is 7.18. The second-order valence-corrected chi connectivity index (χ2v) is 9.51. The number of carbonyl (C=O) groups excluding carboxylic acids is 2. The van der Waals surface area contributed by atoms with Crippen molar-refractivity contribution in [2.24, 2.45) is 0 Å². The van der Waals surface area contributed by atoms with E-state index in [0.717, 1.165) is 28.9 Å². The minimum Gasteiger partial charge on any atom is -0.276 e. The van der Waals surface area contributed by atoms with Crippen molar-refractivity contribution in [2.45, 2.75) is 0 Å². The molecule has 0 aliphatic rings. The first-order valence-electron chi connectivity index (χ1n) is 6.63. The lowest BCUT2D eigenvalue weighted by molar-refractivity contribution is 0.107. The quantitative estimate of drug-likeness (QED) is 0.322. The summed E-state index contributed by atoms with van der Waals surface area (Å²) in [4.78, 5) is 26.9. The van der Waals surface area contributed by atoms with Crippen molar-refractivity contribution < 1.29 is 9.59 Å². The molecular formula is C16H6Cl2O2S4. The Morgan fingerprint density at radius 2 is 1.17 bits per heavy atom. The molecule has 120 valence electrons. The first-order valence-corrected chi connectivity index (χ1v) is 10.8. The lowest BCUT2D eigenvalue weighted by Crippen LogP contribution is -1.86. The molecule has 0 aromatic carbocycles. The van der Waals surface area contributed by atoms with Gasteiger partial charge < -0.3 is 0 Å². The molecule has 0 radical (unpaired) electrons. The summed E-state index contributed by atoms with van der Waals surface area (Å²) in [6.07, 6.45) is 0. The van der Waals surface area contributed by atoms with E-state index in [9.17, 15) is 9.59 Å². The van der Waals surface area contributed by atoms with Gasteiger partial charge in [0.2, 0.25) is 0 Å². The van der Waals surface area contributed by atoms with E-state index < -0.39 is 10.5 Å². The summed E-state index contributed by atoms with van der Waals surface area (Å²) in [5.74, 6) is 0. The van der Waals surface area contributed by atoms with Crippen molar-refractivity contribution in [1.29, 1.82) is 0 Å². The van der Waals surface area contributed by atoms with Crippen molar-refractivity contribution in [3.63, 3.8) is 0 Å². The van der Waals surface area contributed by atoms with E-state index in [-0.39, 0.29) is 0 Å². The third-order valence-electron chi connectivity index (χ3n) is 3.41. The Hall–Kier alpha value is -1.02. The molecule has 4 aromatic heterocycles. The highest BCUT2D eigenvalue weighted by Gasteiger charge is 2.18. The van der Waals surface area contributed by atoms with Gasteiger partial charge in [0.15, 0.2) is 0 Å². The summed E-state index contributed by atoms with van der Waals surface area (Å²) in [5.41, 5.74) is 1.09. The third kappa shape index (κ3) is 2.77. The Labute approximate surface area is 162 Å². The number of hydrogen-bond donors (Lipinski definition) is 0. The highest BCUT2D eigenvalue weighted by Crippen LogP contribution is 2.45. The van der Waals surface area contributed by atoms with E-state index in [4.69, 9.17) is 23.2 Å². The molecule has 0 N–H and O–H groups in total. The van der Waals surface area contributed by atoms with Crippen LogP contribution in [0.25, 0.3) is 28.9 Å². The number of hydrogen-bond acceptors (Lipinski definition) is 6. The van der Waals surface area contributed by atoms with Crippen LogP contribution in [0.5, 0.6) is 0 Å². The van der Waals surface area contributed by atoms with E-state index in [1.54, 1.807) is 34.8 Å². The molecule has 0 amide bonds. The van der Waals surface area contributed by atoms with Gasteiger partial charge in [0, 0.05) is 19.2 Å². The molecule has 8 heteroatoms. The van der Waals surface area contributed by atoms with Crippen LogP contribution in [0, 0.1) is 0 Å². The zero-order chi connectivity index (χ0) is 16.8. The molecule has 0 spiro atoms. The average Bonchev–Trinajstić information content (AvgIpc) is 3.27. The topological polar surface area (TPSA) is 34.1 Å². The number of fused-ring (bicyclic) bond motifs is 1. The van der Waals surface area contributed by atoms with E-state index >= 15 is 0 Å². The van der Waals surface area contributed by atoms with Crippen molar-refractivity contribution in [2.75, 3.05) is 0 Å². The number of rotatable bonds is 4. The molecule has 0 aliphatic carbocycles. The fraction of sp³-hybridized carbons (Fsp3) is 0. The Kier molecular flexibility index (Phi) is 4.36. The maximum Gasteiger partial charge on any atom is 0.253 e. The largest absolute Gasteiger partial charge is 0.276 e. The summed E-state index contributed by atoms with van der Waals surface area (Å²) >= 11 is 17.5. The van der Waals surface area contributed by atoms with Crippen LogP contribution in [-0.2, 0) is 0 Å². The minimum absolute atomic E-state index is 0.437. The lowest BCUT2D eigenvalue weighted by Gasteiger charge is -1.96. The van der Waals surface area contributed by atoms with Crippen LogP contribution in [0.4, 0.5) is 0 Å². The zero-order valence-electron chi connectivity index (χ0n) is 11.7. The van der Waals surface area contributed by atoms with Gasteiger partial charge in [-0.1, -0.05) is 0 Å². The van der Waals surface area contributed by atoms with Gasteiger partial charge in [0.1, 0.15) is 0 Å². The maximum absolute atomic E-state index is 11.5. The van der Waals surface area contributed by atoms with Crippen LogP contribution in [0.3, 0.4) is 0 Å². The van der Waals surface area contributed by atoms with Gasteiger partial charge in [0.05, 0.1) is 20.9 Å². The van der Waals surface area contributed by atoms with Crippen LogP contribution in [0.15, 0.2) is 35.0 Å². The smallest absolute Gasteiger partial charge is 0.253 e. The number of thiophene rings is 4. The van der Waals surface area contributed by atoms with E-state index in [1.165, 1.54) is 22.7 Å². The summed E-state index contributed by atoms with van der Waals surface area (Å²) in [5, 5.41) is 2.86. The molecule has 0 unspecified atom stereocenters. The van der Waals surface area contributed by atoms with Gasteiger partial charge in [-0.15, -0.1) is 45.3 Å². The molecule has 2 nitrogen and oxygen atoms in total. The summed E-state index contributed by atoms with van der Waals surface area (Å²) in [7, 11) is 0. The van der Waals surface area contributed by atoms with Crippen molar-refractivity contribution in [3.8, 4) is 19.5 Å². The zero-order valence-corrected chi connectivity index (χ0v) is 16.4. The summed E-state index contributed by atoms with van der Waals surface area (Å²) in [6.45, 7) is 0. The monoisotopic (exact) mass is 428 g/mol. The van der Waals surface area contributed by atoms with Gasteiger partial charge in [0.25, 0.3) is 10.5 Å². The van der Waals surface area contributed by atoms with Gasteiger partial charge >= 0.3 is 0 Å². The van der Waals surface area contributed by atoms with Crippen molar-refractivity contribution in [3.05, 3.63) is 46.2 Å². The molecule has 4 aromatic rings. The second kappa shape index (κ2) is 6.37. The highest BCUT2D eigenvalue weighted by atomic mass is 35.5. The molecule has 24 heavy (non-hydrogen) atoms. The SMILES string of the molecule is O=C(Cl)c1ccsc1-c1cc2sc(-c3sccc3C(=O)Cl)cc2s1. The first-order chi connectivity index (χ1) is 11.5. The first kappa shape index (κ1) is 16.4. The van der Waals surface area contributed by atoms with Gasteiger partial charge in [-0.05, 0) is 58.2 Å². The van der Waals surface area contributed by atoms with E-state index in [1.807, 2.05) is 10.8 Å². The maximum atomic E-state index is 11.5. The minimum atomic E-state index is -0.437. The average molecular weight is 429 g/mol. The fourth-order valence-electron chi connectivity index (χ4n) is 2.37. The molecule has 0 bridgehead atoms. The molecule has 0 fully saturated rings. The summed E-state index contributed by atoms with van der Waals surface area (Å²) in [6, 6.07) is 7.63. The van der Waals surface area contributed by atoms with Crippen LogP contribution >= 0.6 is 68.5 Å². The molecular weight excluding hydrogens is 423 g/mol. The lowest BCUT2D eigenvalue weighted by atomic mass is 10.2. The molecule has 4 rings (SSSR count). The van der Waals surface area contributed by atoms with E-state index in [2.05, 4.69) is 12.1 Å².